The molecule has 21 heavy (non-hydrogen) atoms. The molecule has 0 bridgehead atoms. The molecule has 1 saturated carbocycles. The van der Waals surface area contributed by atoms with Crippen molar-refractivity contribution in [2.24, 2.45) is 0 Å². The van der Waals surface area contributed by atoms with Gasteiger partial charge in [-0.2, -0.15) is 0 Å². The van der Waals surface area contributed by atoms with Crippen LogP contribution in [0.15, 0.2) is 48.5 Å². The first-order valence-electron chi connectivity index (χ1n) is 7.26. The fraction of sp³-hybridized carbons (Fsp3) is 0.278. The summed E-state index contributed by atoms with van der Waals surface area (Å²) in [6.45, 7) is 2.33. The summed E-state index contributed by atoms with van der Waals surface area (Å²) in [6.07, 6.45) is 2.01. The maximum absolute atomic E-state index is 13.8. The third kappa shape index (κ3) is 3.13. The molecule has 0 N–H and O–H groups in total. The number of hydrogen-bond acceptors (Lipinski definition) is 1. The highest BCUT2D eigenvalue weighted by atomic mass is 19.1. The van der Waals surface area contributed by atoms with Gasteiger partial charge in [0.1, 0.15) is 5.82 Å². The number of halogens is 1. The van der Waals surface area contributed by atoms with Crippen LogP contribution in [0.5, 0.6) is 0 Å². The molecule has 0 unspecified atom stereocenters. The Hall–Kier alpha value is -2.16. The lowest BCUT2D eigenvalue weighted by molar-refractivity contribution is 0.0728. The minimum atomic E-state index is -0.250. The van der Waals surface area contributed by atoms with E-state index in [0.717, 1.165) is 18.4 Å². The van der Waals surface area contributed by atoms with E-state index in [0.29, 0.717) is 17.7 Å². The van der Waals surface area contributed by atoms with Crippen molar-refractivity contribution in [2.45, 2.75) is 32.4 Å². The predicted octanol–water partition coefficient (Wildman–Crippen LogP) is 3.94. The van der Waals surface area contributed by atoms with Gasteiger partial charge in [0.25, 0.3) is 5.91 Å². The van der Waals surface area contributed by atoms with E-state index < -0.39 is 0 Å². The number of rotatable bonds is 4. The van der Waals surface area contributed by atoms with Gasteiger partial charge in [0.2, 0.25) is 0 Å². The summed E-state index contributed by atoms with van der Waals surface area (Å²) in [4.78, 5) is 14.5. The number of hydrogen-bond donors (Lipinski definition) is 0. The summed E-state index contributed by atoms with van der Waals surface area (Å²) in [5.74, 6) is -0.263. The fourth-order valence-electron chi connectivity index (χ4n) is 2.43. The molecule has 108 valence electrons. The van der Waals surface area contributed by atoms with Gasteiger partial charge >= 0.3 is 0 Å². The van der Waals surface area contributed by atoms with Crippen molar-refractivity contribution in [2.75, 3.05) is 0 Å². The van der Waals surface area contributed by atoms with Crippen LogP contribution in [-0.2, 0) is 6.54 Å². The monoisotopic (exact) mass is 283 g/mol. The fourth-order valence-corrected chi connectivity index (χ4v) is 2.43. The average Bonchev–Trinajstić information content (AvgIpc) is 3.31. The molecule has 1 fully saturated rings. The first-order valence-corrected chi connectivity index (χ1v) is 7.26. The molecule has 1 amide bonds. The second-order valence-corrected chi connectivity index (χ2v) is 5.62. The van der Waals surface area contributed by atoms with Crippen LogP contribution in [-0.4, -0.2) is 16.8 Å². The van der Waals surface area contributed by atoms with E-state index in [9.17, 15) is 9.18 Å². The molecule has 0 aliphatic heterocycles. The minimum absolute atomic E-state index is 0.0132. The highest BCUT2D eigenvalue weighted by Gasteiger charge is 2.33. The Morgan fingerprint density at radius 2 is 1.81 bits per heavy atom. The van der Waals surface area contributed by atoms with Crippen molar-refractivity contribution < 1.29 is 9.18 Å². The molecule has 2 nitrogen and oxygen atoms in total. The molecule has 0 radical (unpaired) electrons. The first-order chi connectivity index (χ1) is 10.1. The molecule has 0 aromatic heterocycles. The zero-order chi connectivity index (χ0) is 14.8. The topological polar surface area (TPSA) is 20.3 Å². The van der Waals surface area contributed by atoms with Crippen LogP contribution in [0.3, 0.4) is 0 Å². The zero-order valence-electron chi connectivity index (χ0n) is 12.1. The summed E-state index contributed by atoms with van der Waals surface area (Å²) in [6, 6.07) is 14.5. The quantitative estimate of drug-likeness (QED) is 0.832. The molecule has 1 aliphatic rings. The van der Waals surface area contributed by atoms with Crippen LogP contribution >= 0.6 is 0 Å². The van der Waals surface area contributed by atoms with Crippen molar-refractivity contribution in [1.29, 1.82) is 0 Å². The standard InChI is InChI=1S/C18H18FNO/c1-13-6-8-14(9-7-13)18(21)20(16-10-11-16)12-15-4-2-3-5-17(15)19/h2-9,16H,10-12H2,1H3. The molecule has 3 heteroatoms. The smallest absolute Gasteiger partial charge is 0.254 e. The number of amides is 1. The maximum atomic E-state index is 13.8. The number of carbonyl (C=O) groups is 1. The van der Waals surface area contributed by atoms with Crippen LogP contribution in [0.25, 0.3) is 0 Å². The SMILES string of the molecule is Cc1ccc(C(=O)N(Cc2ccccc2F)C2CC2)cc1. The van der Waals surface area contributed by atoms with Crippen LogP contribution in [0, 0.1) is 12.7 Å². The van der Waals surface area contributed by atoms with E-state index in [1.165, 1.54) is 6.07 Å². The first kappa shape index (κ1) is 13.8. The second-order valence-electron chi connectivity index (χ2n) is 5.62. The normalized spacial score (nSPS) is 14.0. The van der Waals surface area contributed by atoms with E-state index in [1.54, 1.807) is 23.1 Å². The van der Waals surface area contributed by atoms with E-state index in [-0.39, 0.29) is 17.8 Å². The van der Waals surface area contributed by atoms with Gasteiger partial charge in [-0.05, 0) is 38.0 Å². The van der Waals surface area contributed by atoms with Crippen molar-refractivity contribution >= 4 is 5.91 Å². The van der Waals surface area contributed by atoms with Gasteiger partial charge in [-0.1, -0.05) is 35.9 Å². The average molecular weight is 283 g/mol. The Kier molecular flexibility index (Phi) is 3.74. The summed E-state index contributed by atoms with van der Waals surface area (Å²) in [5, 5.41) is 0. The van der Waals surface area contributed by atoms with Gasteiger partial charge in [0, 0.05) is 23.7 Å². The molecule has 0 atom stereocenters. The Bertz CT molecular complexity index is 647. The van der Waals surface area contributed by atoms with Crippen LogP contribution < -0.4 is 0 Å². The number of nitrogens with zero attached hydrogens (tertiary/aromatic N) is 1. The highest BCUT2D eigenvalue weighted by Crippen LogP contribution is 2.30. The number of carbonyl (C=O) groups excluding carboxylic acids is 1. The van der Waals surface area contributed by atoms with Gasteiger partial charge in [-0.3, -0.25) is 4.79 Å². The van der Waals surface area contributed by atoms with Gasteiger partial charge in [0.15, 0.2) is 0 Å². The lowest BCUT2D eigenvalue weighted by atomic mass is 10.1. The minimum Gasteiger partial charge on any atom is -0.331 e. The second kappa shape index (κ2) is 5.68. The van der Waals surface area contributed by atoms with Crippen molar-refractivity contribution in [3.63, 3.8) is 0 Å². The van der Waals surface area contributed by atoms with Gasteiger partial charge < -0.3 is 4.90 Å². The molecule has 2 aromatic carbocycles. The van der Waals surface area contributed by atoms with E-state index in [1.807, 2.05) is 31.2 Å². The molecule has 1 aliphatic carbocycles. The summed E-state index contributed by atoms with van der Waals surface area (Å²) >= 11 is 0. The number of benzene rings is 2. The third-order valence-corrected chi connectivity index (χ3v) is 3.85. The molecular weight excluding hydrogens is 265 g/mol. The van der Waals surface area contributed by atoms with Gasteiger partial charge in [0.05, 0.1) is 0 Å². The van der Waals surface area contributed by atoms with E-state index in [4.69, 9.17) is 0 Å². The zero-order valence-corrected chi connectivity index (χ0v) is 12.1. The van der Waals surface area contributed by atoms with E-state index >= 15 is 0 Å². The summed E-state index contributed by atoms with van der Waals surface area (Å²) < 4.78 is 13.8. The summed E-state index contributed by atoms with van der Waals surface area (Å²) in [7, 11) is 0. The van der Waals surface area contributed by atoms with Crippen LogP contribution in [0.2, 0.25) is 0 Å². The lowest BCUT2D eigenvalue weighted by Crippen LogP contribution is -2.32. The summed E-state index contributed by atoms with van der Waals surface area (Å²) in [5.41, 5.74) is 2.37. The molecule has 0 saturated heterocycles. The molecule has 2 aromatic rings. The third-order valence-electron chi connectivity index (χ3n) is 3.85. The largest absolute Gasteiger partial charge is 0.331 e. The Balaban J connectivity index is 1.83. The molecule has 3 rings (SSSR count). The predicted molar refractivity (Wildman–Crippen MR) is 80.5 cm³/mol. The highest BCUT2D eigenvalue weighted by molar-refractivity contribution is 5.94. The van der Waals surface area contributed by atoms with Crippen molar-refractivity contribution in [1.82, 2.24) is 4.90 Å². The van der Waals surface area contributed by atoms with Gasteiger partial charge in [-0.15, -0.1) is 0 Å². The molecular formula is C18H18FNO. The molecule has 0 heterocycles. The van der Waals surface area contributed by atoms with Crippen molar-refractivity contribution in [3.05, 3.63) is 71.0 Å². The Labute approximate surface area is 124 Å². The Morgan fingerprint density at radius 3 is 2.43 bits per heavy atom. The van der Waals surface area contributed by atoms with Gasteiger partial charge in [-0.25, -0.2) is 4.39 Å². The number of aryl methyl sites for hydroxylation is 1. The van der Waals surface area contributed by atoms with Crippen LogP contribution in [0.1, 0.15) is 34.3 Å². The van der Waals surface area contributed by atoms with Crippen LogP contribution in [0.4, 0.5) is 4.39 Å². The Morgan fingerprint density at radius 1 is 1.14 bits per heavy atom. The van der Waals surface area contributed by atoms with E-state index in [2.05, 4.69) is 0 Å². The molecule has 0 spiro atoms. The maximum Gasteiger partial charge on any atom is 0.254 e. The lowest BCUT2D eigenvalue weighted by Gasteiger charge is -2.23. The van der Waals surface area contributed by atoms with Crippen molar-refractivity contribution in [3.8, 4) is 0 Å².